The molecule has 5 heteroatoms. The van der Waals surface area contributed by atoms with Gasteiger partial charge in [-0.05, 0) is 24.8 Å². The van der Waals surface area contributed by atoms with Crippen LogP contribution >= 0.6 is 0 Å². The molecular formula is C15H19NO4. The lowest BCUT2D eigenvalue weighted by molar-refractivity contribution is -0.144. The third-order valence-electron chi connectivity index (χ3n) is 3.79. The predicted molar refractivity (Wildman–Crippen MR) is 73.6 cm³/mol. The Morgan fingerprint density at radius 1 is 1.30 bits per heavy atom. The number of rotatable bonds is 3. The fourth-order valence-corrected chi connectivity index (χ4v) is 2.84. The second kappa shape index (κ2) is 6.41. The van der Waals surface area contributed by atoms with Crippen LogP contribution in [0.1, 0.15) is 30.7 Å². The Bertz CT molecular complexity index is 474. The summed E-state index contributed by atoms with van der Waals surface area (Å²) in [7, 11) is 1.34. The summed E-state index contributed by atoms with van der Waals surface area (Å²) in [5, 5.41) is 9.33. The molecular weight excluding hydrogens is 258 g/mol. The molecule has 1 aromatic rings. The van der Waals surface area contributed by atoms with E-state index in [9.17, 15) is 14.7 Å². The van der Waals surface area contributed by atoms with E-state index in [1.54, 1.807) is 0 Å². The van der Waals surface area contributed by atoms with Crippen molar-refractivity contribution in [1.29, 1.82) is 0 Å². The van der Waals surface area contributed by atoms with E-state index in [-0.39, 0.29) is 12.0 Å². The highest BCUT2D eigenvalue weighted by atomic mass is 16.5. The highest BCUT2D eigenvalue weighted by Gasteiger charge is 2.38. The lowest BCUT2D eigenvalue weighted by Gasteiger charge is -2.37. The van der Waals surface area contributed by atoms with Crippen LogP contribution in [0.15, 0.2) is 30.3 Å². The molecule has 1 aromatic carbocycles. The molecule has 0 unspecified atom stereocenters. The van der Waals surface area contributed by atoms with Gasteiger partial charge in [0.15, 0.2) is 0 Å². The molecule has 0 saturated carbocycles. The summed E-state index contributed by atoms with van der Waals surface area (Å²) in [5.74, 6) is -0.938. The molecule has 0 aromatic heterocycles. The summed E-state index contributed by atoms with van der Waals surface area (Å²) in [4.78, 5) is 24.9. The van der Waals surface area contributed by atoms with Crippen LogP contribution in [-0.4, -0.2) is 41.8 Å². The first-order chi connectivity index (χ1) is 9.65. The van der Waals surface area contributed by atoms with Gasteiger partial charge in [0, 0.05) is 6.54 Å². The van der Waals surface area contributed by atoms with E-state index >= 15 is 0 Å². The Balaban J connectivity index is 2.35. The molecule has 5 nitrogen and oxygen atoms in total. The Labute approximate surface area is 118 Å². The molecule has 0 spiro atoms. The van der Waals surface area contributed by atoms with Crippen molar-refractivity contribution in [3.05, 3.63) is 35.9 Å². The predicted octanol–water partition coefficient (Wildman–Crippen LogP) is 2.48. The zero-order valence-electron chi connectivity index (χ0n) is 11.5. The van der Waals surface area contributed by atoms with Gasteiger partial charge in [0.2, 0.25) is 0 Å². The molecule has 1 saturated heterocycles. The number of benzene rings is 1. The van der Waals surface area contributed by atoms with E-state index in [0.29, 0.717) is 13.0 Å². The van der Waals surface area contributed by atoms with Gasteiger partial charge in [0.1, 0.15) is 5.92 Å². The van der Waals surface area contributed by atoms with E-state index in [4.69, 9.17) is 4.74 Å². The normalized spacial score (nSPS) is 20.2. The van der Waals surface area contributed by atoms with Crippen LogP contribution < -0.4 is 0 Å². The van der Waals surface area contributed by atoms with Crippen LogP contribution in [0.5, 0.6) is 0 Å². The molecule has 0 aliphatic carbocycles. The Hall–Kier alpha value is -2.04. The molecule has 20 heavy (non-hydrogen) atoms. The fraction of sp³-hybridized carbons (Fsp3) is 0.467. The standard InChI is InChI=1S/C15H19NO4/c1-20-14(17)13(11-7-3-2-4-8-11)12-9-5-6-10-16(12)15(18)19/h2-4,7-8,12-13H,5-6,9-10H2,1H3,(H,18,19)/t12-,13-/m1/s1. The van der Waals surface area contributed by atoms with E-state index in [1.165, 1.54) is 12.0 Å². The maximum Gasteiger partial charge on any atom is 0.407 e. The maximum atomic E-state index is 12.1. The van der Waals surface area contributed by atoms with Crippen LogP contribution in [0.25, 0.3) is 0 Å². The van der Waals surface area contributed by atoms with E-state index in [1.807, 2.05) is 30.3 Å². The third-order valence-corrected chi connectivity index (χ3v) is 3.79. The van der Waals surface area contributed by atoms with Crippen molar-refractivity contribution in [1.82, 2.24) is 4.90 Å². The van der Waals surface area contributed by atoms with Crippen molar-refractivity contribution in [2.24, 2.45) is 0 Å². The number of amides is 1. The molecule has 2 atom stereocenters. The first-order valence-corrected chi connectivity index (χ1v) is 6.77. The lowest BCUT2D eigenvalue weighted by atomic mass is 9.85. The van der Waals surface area contributed by atoms with Crippen LogP contribution in [0.3, 0.4) is 0 Å². The van der Waals surface area contributed by atoms with Crippen molar-refractivity contribution in [3.8, 4) is 0 Å². The molecule has 2 rings (SSSR count). The van der Waals surface area contributed by atoms with E-state index < -0.39 is 12.0 Å². The number of carboxylic acid groups (broad SMARTS) is 1. The van der Waals surface area contributed by atoms with E-state index in [2.05, 4.69) is 0 Å². The minimum absolute atomic E-state index is 0.351. The summed E-state index contributed by atoms with van der Waals surface area (Å²) < 4.78 is 4.89. The number of hydrogen-bond acceptors (Lipinski definition) is 3. The van der Waals surface area contributed by atoms with Gasteiger partial charge in [0.25, 0.3) is 0 Å². The summed E-state index contributed by atoms with van der Waals surface area (Å²) in [5.41, 5.74) is 0.803. The number of piperidine rings is 1. The summed E-state index contributed by atoms with van der Waals surface area (Å²) >= 11 is 0. The number of ether oxygens (including phenoxy) is 1. The molecule has 1 aliphatic rings. The minimum Gasteiger partial charge on any atom is -0.468 e. The molecule has 1 heterocycles. The summed E-state index contributed by atoms with van der Waals surface area (Å²) in [6, 6.07) is 8.90. The van der Waals surface area contributed by atoms with Crippen molar-refractivity contribution in [2.45, 2.75) is 31.2 Å². The Kier molecular flexibility index (Phi) is 4.61. The summed E-state index contributed by atoms with van der Waals surface area (Å²) in [6.07, 6.45) is 1.47. The van der Waals surface area contributed by atoms with Gasteiger partial charge in [-0.3, -0.25) is 4.79 Å². The van der Waals surface area contributed by atoms with Crippen molar-refractivity contribution in [3.63, 3.8) is 0 Å². The van der Waals surface area contributed by atoms with Gasteiger partial charge in [-0.25, -0.2) is 4.79 Å². The second-order valence-corrected chi connectivity index (χ2v) is 4.95. The zero-order valence-corrected chi connectivity index (χ0v) is 11.5. The summed E-state index contributed by atoms with van der Waals surface area (Å²) in [6.45, 7) is 0.473. The molecule has 0 bridgehead atoms. The van der Waals surface area contributed by atoms with Gasteiger partial charge >= 0.3 is 12.1 Å². The fourth-order valence-electron chi connectivity index (χ4n) is 2.84. The van der Waals surface area contributed by atoms with Crippen LogP contribution in [0.4, 0.5) is 4.79 Å². The highest BCUT2D eigenvalue weighted by Crippen LogP contribution is 2.31. The highest BCUT2D eigenvalue weighted by molar-refractivity contribution is 5.80. The van der Waals surface area contributed by atoms with Crippen LogP contribution in [0, 0.1) is 0 Å². The Morgan fingerprint density at radius 3 is 2.60 bits per heavy atom. The third kappa shape index (κ3) is 2.92. The Morgan fingerprint density at radius 2 is 2.00 bits per heavy atom. The SMILES string of the molecule is COC(=O)[C@H](c1ccccc1)[C@H]1CCCCN1C(=O)O. The average Bonchev–Trinajstić information content (AvgIpc) is 2.48. The van der Waals surface area contributed by atoms with Gasteiger partial charge < -0.3 is 14.7 Å². The molecule has 0 radical (unpaired) electrons. The largest absolute Gasteiger partial charge is 0.468 e. The van der Waals surface area contributed by atoms with Gasteiger partial charge in [0.05, 0.1) is 13.2 Å². The van der Waals surface area contributed by atoms with Gasteiger partial charge in [-0.1, -0.05) is 30.3 Å². The molecule has 108 valence electrons. The molecule has 1 N–H and O–H groups in total. The van der Waals surface area contributed by atoms with Gasteiger partial charge in [-0.2, -0.15) is 0 Å². The number of esters is 1. The van der Waals surface area contributed by atoms with E-state index in [0.717, 1.165) is 18.4 Å². The van der Waals surface area contributed by atoms with Crippen LogP contribution in [-0.2, 0) is 9.53 Å². The zero-order chi connectivity index (χ0) is 14.5. The smallest absolute Gasteiger partial charge is 0.407 e. The molecule has 1 fully saturated rings. The van der Waals surface area contributed by atoms with Crippen molar-refractivity contribution in [2.75, 3.05) is 13.7 Å². The van der Waals surface area contributed by atoms with Crippen LogP contribution in [0.2, 0.25) is 0 Å². The quantitative estimate of drug-likeness (QED) is 0.862. The number of carbonyl (C=O) groups excluding carboxylic acids is 1. The molecule has 1 aliphatic heterocycles. The number of likely N-dealkylation sites (tertiary alicyclic amines) is 1. The first-order valence-electron chi connectivity index (χ1n) is 6.77. The topological polar surface area (TPSA) is 66.8 Å². The minimum atomic E-state index is -0.973. The average molecular weight is 277 g/mol. The monoisotopic (exact) mass is 277 g/mol. The second-order valence-electron chi connectivity index (χ2n) is 4.95. The number of carbonyl (C=O) groups is 2. The molecule has 1 amide bonds. The number of methoxy groups -OCH3 is 1. The maximum absolute atomic E-state index is 12.1. The number of hydrogen-bond donors (Lipinski definition) is 1. The number of nitrogens with zero attached hydrogens (tertiary/aromatic N) is 1. The lowest BCUT2D eigenvalue weighted by Crippen LogP contribution is -2.48. The van der Waals surface area contributed by atoms with Crippen molar-refractivity contribution >= 4 is 12.1 Å². The first kappa shape index (κ1) is 14.4. The van der Waals surface area contributed by atoms with Crippen molar-refractivity contribution < 1.29 is 19.4 Å². The van der Waals surface area contributed by atoms with Gasteiger partial charge in [-0.15, -0.1) is 0 Å².